The van der Waals surface area contributed by atoms with Crippen LogP contribution in [0.25, 0.3) is 22.5 Å². The molecule has 18 heavy (non-hydrogen) atoms. The Kier molecular flexibility index (Phi) is 2.53. The van der Waals surface area contributed by atoms with Crippen molar-refractivity contribution in [3.63, 3.8) is 0 Å². The smallest absolute Gasteiger partial charge is 0.204 e. The summed E-state index contributed by atoms with van der Waals surface area (Å²) < 4.78 is 10.3. The van der Waals surface area contributed by atoms with Crippen molar-refractivity contribution >= 4 is 17.4 Å². The second kappa shape index (κ2) is 4.19. The zero-order valence-corrected chi connectivity index (χ0v) is 9.89. The van der Waals surface area contributed by atoms with Crippen LogP contribution in [-0.2, 0) is 0 Å². The van der Waals surface area contributed by atoms with Crippen molar-refractivity contribution < 1.29 is 8.94 Å². The van der Waals surface area contributed by atoms with Gasteiger partial charge in [-0.3, -0.25) is 4.98 Å². The number of aromatic nitrogens is 2. The summed E-state index contributed by atoms with van der Waals surface area (Å²) in [6.07, 6.45) is 4.83. The van der Waals surface area contributed by atoms with Crippen LogP contribution < -0.4 is 5.73 Å². The van der Waals surface area contributed by atoms with Crippen LogP contribution >= 0.6 is 11.6 Å². The lowest BCUT2D eigenvalue weighted by atomic mass is 10.1. The Balaban J connectivity index is 2.22. The summed E-state index contributed by atoms with van der Waals surface area (Å²) in [5, 5.41) is 4.00. The molecule has 0 aromatic carbocycles. The Morgan fingerprint density at radius 3 is 2.83 bits per heavy atom. The van der Waals surface area contributed by atoms with Crippen molar-refractivity contribution in [2.24, 2.45) is 0 Å². The molecule has 90 valence electrons. The third-order valence-electron chi connectivity index (χ3n) is 2.53. The topological polar surface area (TPSA) is 78.1 Å². The SMILES string of the molecule is Nc1noc(-c2ccoc2Cl)c1-c1cccnc1. The van der Waals surface area contributed by atoms with Gasteiger partial charge >= 0.3 is 0 Å². The molecule has 6 heteroatoms. The number of furan rings is 1. The van der Waals surface area contributed by atoms with E-state index in [0.29, 0.717) is 16.9 Å². The number of hydrogen-bond donors (Lipinski definition) is 1. The van der Waals surface area contributed by atoms with Gasteiger partial charge in [0.05, 0.1) is 17.4 Å². The van der Waals surface area contributed by atoms with Gasteiger partial charge in [-0.15, -0.1) is 0 Å². The molecule has 0 saturated heterocycles. The van der Waals surface area contributed by atoms with E-state index in [0.717, 1.165) is 5.56 Å². The van der Waals surface area contributed by atoms with Gasteiger partial charge in [0.1, 0.15) is 0 Å². The largest absolute Gasteiger partial charge is 0.452 e. The Bertz CT molecular complexity index is 676. The predicted molar refractivity (Wildman–Crippen MR) is 66.9 cm³/mol. The molecular formula is C12H8ClN3O2. The van der Waals surface area contributed by atoms with E-state index in [9.17, 15) is 0 Å². The van der Waals surface area contributed by atoms with E-state index in [1.807, 2.05) is 12.1 Å². The van der Waals surface area contributed by atoms with E-state index in [1.165, 1.54) is 6.26 Å². The van der Waals surface area contributed by atoms with Crippen LogP contribution in [0.4, 0.5) is 5.82 Å². The summed E-state index contributed by atoms with van der Waals surface area (Å²) in [5.74, 6) is 0.759. The molecule has 0 amide bonds. The van der Waals surface area contributed by atoms with Crippen molar-refractivity contribution in [2.45, 2.75) is 0 Å². The van der Waals surface area contributed by atoms with Gasteiger partial charge in [-0.05, 0) is 23.7 Å². The first-order valence-corrected chi connectivity index (χ1v) is 5.54. The van der Waals surface area contributed by atoms with Gasteiger partial charge in [0, 0.05) is 18.0 Å². The highest BCUT2D eigenvalue weighted by Crippen LogP contribution is 2.39. The fraction of sp³-hybridized carbons (Fsp3) is 0. The molecule has 0 atom stereocenters. The number of nitrogen functional groups attached to an aromatic ring is 1. The molecule has 0 aliphatic heterocycles. The van der Waals surface area contributed by atoms with E-state index < -0.39 is 0 Å². The molecule has 0 aliphatic rings. The number of nitrogens with zero attached hydrogens (tertiary/aromatic N) is 2. The minimum absolute atomic E-state index is 0.233. The normalized spacial score (nSPS) is 10.7. The fourth-order valence-electron chi connectivity index (χ4n) is 1.73. The first-order valence-electron chi connectivity index (χ1n) is 5.16. The lowest BCUT2D eigenvalue weighted by Gasteiger charge is -2.00. The highest BCUT2D eigenvalue weighted by atomic mass is 35.5. The average molecular weight is 262 g/mol. The highest BCUT2D eigenvalue weighted by Gasteiger charge is 2.21. The van der Waals surface area contributed by atoms with Crippen molar-refractivity contribution in [1.29, 1.82) is 0 Å². The summed E-state index contributed by atoms with van der Waals surface area (Å²) >= 11 is 5.93. The van der Waals surface area contributed by atoms with E-state index in [2.05, 4.69) is 10.1 Å². The van der Waals surface area contributed by atoms with Gasteiger partial charge in [0.2, 0.25) is 5.22 Å². The lowest BCUT2D eigenvalue weighted by Crippen LogP contribution is -1.89. The van der Waals surface area contributed by atoms with Crippen LogP contribution in [0.1, 0.15) is 0 Å². The molecule has 0 radical (unpaired) electrons. The summed E-state index contributed by atoms with van der Waals surface area (Å²) in [4.78, 5) is 4.05. The molecule has 2 N–H and O–H groups in total. The predicted octanol–water partition coefficient (Wildman–Crippen LogP) is 3.23. The van der Waals surface area contributed by atoms with E-state index in [-0.39, 0.29) is 11.0 Å². The van der Waals surface area contributed by atoms with Crippen LogP contribution in [0, 0.1) is 0 Å². The molecule has 3 aromatic rings. The zero-order valence-electron chi connectivity index (χ0n) is 9.13. The summed E-state index contributed by atoms with van der Waals surface area (Å²) in [6.45, 7) is 0. The van der Waals surface area contributed by atoms with Crippen LogP contribution in [-0.4, -0.2) is 10.1 Å². The van der Waals surface area contributed by atoms with E-state index >= 15 is 0 Å². The molecule has 0 fully saturated rings. The minimum Gasteiger partial charge on any atom is -0.452 e. The number of halogens is 1. The number of nitrogens with two attached hydrogens (primary N) is 1. The van der Waals surface area contributed by atoms with Crippen LogP contribution in [0.3, 0.4) is 0 Å². The summed E-state index contributed by atoms with van der Waals surface area (Å²) in [5.41, 5.74) is 7.90. The van der Waals surface area contributed by atoms with Crippen LogP contribution in [0.15, 0.2) is 45.8 Å². The maximum Gasteiger partial charge on any atom is 0.204 e. The molecule has 0 unspecified atom stereocenters. The van der Waals surface area contributed by atoms with Crippen molar-refractivity contribution in [2.75, 3.05) is 5.73 Å². The Labute approximate surface area is 107 Å². The van der Waals surface area contributed by atoms with Gasteiger partial charge < -0.3 is 14.7 Å². The number of rotatable bonds is 2. The first kappa shape index (κ1) is 10.9. The molecule has 0 saturated carbocycles. The van der Waals surface area contributed by atoms with Gasteiger partial charge in [-0.25, -0.2) is 0 Å². The standard InChI is InChI=1S/C12H8ClN3O2/c13-11-8(3-5-17-11)10-9(12(14)16-18-10)7-2-1-4-15-6-7/h1-6H,(H2,14,16). The maximum atomic E-state index is 5.93. The van der Waals surface area contributed by atoms with E-state index in [4.69, 9.17) is 26.3 Å². The van der Waals surface area contributed by atoms with Gasteiger partial charge in [-0.2, -0.15) is 0 Å². The first-order chi connectivity index (χ1) is 8.77. The van der Waals surface area contributed by atoms with Crippen LogP contribution in [0.5, 0.6) is 0 Å². The molecule has 0 bridgehead atoms. The second-order valence-electron chi connectivity index (χ2n) is 3.62. The van der Waals surface area contributed by atoms with Gasteiger partial charge in [-0.1, -0.05) is 11.2 Å². The molecule has 0 spiro atoms. The van der Waals surface area contributed by atoms with Gasteiger partial charge in [0.25, 0.3) is 0 Å². The summed E-state index contributed by atoms with van der Waals surface area (Å²) in [7, 11) is 0. The second-order valence-corrected chi connectivity index (χ2v) is 3.96. The van der Waals surface area contributed by atoms with Crippen molar-refractivity contribution in [3.05, 3.63) is 42.1 Å². The van der Waals surface area contributed by atoms with Crippen molar-refractivity contribution in [1.82, 2.24) is 10.1 Å². The Morgan fingerprint density at radius 1 is 1.28 bits per heavy atom. The molecule has 3 rings (SSSR count). The zero-order chi connectivity index (χ0) is 12.5. The number of hydrogen-bond acceptors (Lipinski definition) is 5. The summed E-state index contributed by atoms with van der Waals surface area (Å²) in [6, 6.07) is 5.37. The molecule has 0 aliphatic carbocycles. The average Bonchev–Trinajstić information content (AvgIpc) is 2.96. The van der Waals surface area contributed by atoms with Crippen LogP contribution in [0.2, 0.25) is 5.22 Å². The van der Waals surface area contributed by atoms with Gasteiger partial charge in [0.15, 0.2) is 11.6 Å². The molecule has 3 aromatic heterocycles. The quantitative estimate of drug-likeness (QED) is 0.766. The Morgan fingerprint density at radius 2 is 2.17 bits per heavy atom. The third kappa shape index (κ3) is 1.65. The highest BCUT2D eigenvalue weighted by molar-refractivity contribution is 6.31. The number of pyridine rings is 1. The molecular weight excluding hydrogens is 254 g/mol. The monoisotopic (exact) mass is 261 g/mol. The Hall–Kier alpha value is -2.27. The molecule has 5 nitrogen and oxygen atoms in total. The lowest BCUT2D eigenvalue weighted by molar-refractivity contribution is 0.435. The molecule has 3 heterocycles. The van der Waals surface area contributed by atoms with Crippen molar-refractivity contribution in [3.8, 4) is 22.5 Å². The minimum atomic E-state index is 0.233. The number of anilines is 1. The van der Waals surface area contributed by atoms with E-state index in [1.54, 1.807) is 18.5 Å². The maximum absolute atomic E-state index is 5.93. The fourth-order valence-corrected chi connectivity index (χ4v) is 1.93. The third-order valence-corrected chi connectivity index (χ3v) is 2.82.